The molecule has 0 radical (unpaired) electrons. The van der Waals surface area contributed by atoms with Crippen molar-refractivity contribution in [1.29, 1.82) is 0 Å². The van der Waals surface area contributed by atoms with E-state index in [4.69, 9.17) is 21.1 Å². The van der Waals surface area contributed by atoms with E-state index in [1.54, 1.807) is 12.5 Å². The summed E-state index contributed by atoms with van der Waals surface area (Å²) < 4.78 is 12.9. The van der Waals surface area contributed by atoms with Gasteiger partial charge in [0.2, 0.25) is 5.79 Å². The highest BCUT2D eigenvalue weighted by Crippen LogP contribution is 2.27. The van der Waals surface area contributed by atoms with Crippen molar-refractivity contribution in [3.63, 3.8) is 0 Å². The number of epoxide rings is 1. The molecule has 0 saturated carbocycles. The lowest BCUT2D eigenvalue weighted by Crippen LogP contribution is -2.53. The van der Waals surface area contributed by atoms with Gasteiger partial charge in [0.25, 0.3) is 0 Å². The van der Waals surface area contributed by atoms with Gasteiger partial charge in [0.15, 0.2) is 0 Å². The molecule has 1 atom stereocenters. The van der Waals surface area contributed by atoms with Gasteiger partial charge in [-0.15, -0.1) is 0 Å². The Morgan fingerprint density at radius 3 is 2.57 bits per heavy atom. The van der Waals surface area contributed by atoms with Crippen LogP contribution in [0.5, 0.6) is 0 Å². The topological polar surface area (TPSA) is 75.2 Å². The fraction of sp³-hybridized carbons (Fsp3) is 0.357. The van der Waals surface area contributed by atoms with Gasteiger partial charge in [0.05, 0.1) is 12.9 Å². The predicted molar refractivity (Wildman–Crippen MR) is 146 cm³/mol. The number of urea groups is 1. The van der Waals surface area contributed by atoms with E-state index in [9.17, 15) is 4.79 Å². The highest BCUT2D eigenvalue weighted by molar-refractivity contribution is 6.30. The molecule has 2 aliphatic rings. The zero-order chi connectivity index (χ0) is 25.7. The van der Waals surface area contributed by atoms with Crippen LogP contribution in [-0.4, -0.2) is 72.2 Å². The molecule has 2 saturated heterocycles. The third-order valence-electron chi connectivity index (χ3n) is 6.58. The molecule has 3 aromatic rings. The molecule has 37 heavy (non-hydrogen) atoms. The highest BCUT2D eigenvalue weighted by atomic mass is 35.5. The third-order valence-corrected chi connectivity index (χ3v) is 6.80. The van der Waals surface area contributed by atoms with Gasteiger partial charge in [0.1, 0.15) is 6.61 Å². The molecule has 2 aliphatic heterocycles. The summed E-state index contributed by atoms with van der Waals surface area (Å²) >= 11 is 6.36. The first-order chi connectivity index (χ1) is 18.0. The molecule has 1 unspecified atom stereocenters. The second-order valence-corrected chi connectivity index (χ2v) is 9.75. The summed E-state index contributed by atoms with van der Waals surface area (Å²) in [4.78, 5) is 20.8. The minimum Gasteiger partial charge on any atom is -0.368 e. The smallest absolute Gasteiger partial charge is 0.317 e. The van der Waals surface area contributed by atoms with Crippen molar-refractivity contribution in [2.45, 2.75) is 19.3 Å². The van der Waals surface area contributed by atoms with Crippen LogP contribution in [0.3, 0.4) is 0 Å². The average Bonchev–Trinajstić information content (AvgIpc) is 3.49. The lowest BCUT2D eigenvalue weighted by molar-refractivity contribution is -0.0343. The van der Waals surface area contributed by atoms with Gasteiger partial charge in [0, 0.05) is 62.4 Å². The van der Waals surface area contributed by atoms with Crippen molar-refractivity contribution in [3.8, 4) is 0 Å². The Bertz CT molecular complexity index is 1220. The molecule has 2 amide bonds. The number of piperazine rings is 1. The Balaban J connectivity index is 1.12. The van der Waals surface area contributed by atoms with Crippen LogP contribution in [0.2, 0.25) is 5.02 Å². The number of carbonyl (C=O) groups is 1. The van der Waals surface area contributed by atoms with Crippen molar-refractivity contribution in [1.82, 2.24) is 19.8 Å². The van der Waals surface area contributed by atoms with Crippen LogP contribution in [0.1, 0.15) is 23.6 Å². The minimum atomic E-state index is -0.613. The molecule has 8 nitrogen and oxygen atoms in total. The van der Waals surface area contributed by atoms with Crippen LogP contribution in [-0.2, 0) is 16.0 Å². The zero-order valence-corrected chi connectivity index (χ0v) is 21.7. The first-order valence-corrected chi connectivity index (χ1v) is 13.0. The van der Waals surface area contributed by atoms with Crippen molar-refractivity contribution >= 4 is 35.5 Å². The Morgan fingerprint density at radius 1 is 1.14 bits per heavy atom. The number of imidazole rings is 1. The van der Waals surface area contributed by atoms with Crippen LogP contribution < -0.4 is 10.2 Å². The number of ether oxygens (including phenoxy) is 2. The summed E-state index contributed by atoms with van der Waals surface area (Å²) in [7, 11) is 0. The summed E-state index contributed by atoms with van der Waals surface area (Å²) in [6, 6.07) is 14.5. The van der Waals surface area contributed by atoms with Gasteiger partial charge in [-0.25, -0.2) is 9.78 Å². The number of hydrogen-bond donors (Lipinski definition) is 1. The van der Waals surface area contributed by atoms with Crippen molar-refractivity contribution < 1.29 is 14.3 Å². The monoisotopic (exact) mass is 521 g/mol. The van der Waals surface area contributed by atoms with Crippen LogP contribution in [0.15, 0.2) is 61.2 Å². The lowest BCUT2D eigenvalue weighted by atomic mass is 10.1. The number of anilines is 1. The molecule has 5 rings (SSSR count). The van der Waals surface area contributed by atoms with Gasteiger partial charge in [-0.05, 0) is 53.9 Å². The Kier molecular flexibility index (Phi) is 7.79. The molecule has 9 heteroatoms. The van der Waals surface area contributed by atoms with E-state index >= 15 is 0 Å². The number of nitrogens with one attached hydrogen (secondary N) is 1. The van der Waals surface area contributed by atoms with Crippen LogP contribution in [0.25, 0.3) is 12.2 Å². The van der Waals surface area contributed by atoms with Crippen LogP contribution in [0.4, 0.5) is 10.5 Å². The molecule has 0 bridgehead atoms. The van der Waals surface area contributed by atoms with E-state index in [2.05, 4.69) is 57.7 Å². The van der Waals surface area contributed by atoms with E-state index in [0.29, 0.717) is 32.8 Å². The van der Waals surface area contributed by atoms with Gasteiger partial charge in [-0.1, -0.05) is 35.9 Å². The molecule has 0 spiro atoms. The SMILES string of the molecule is CCOC1(CNC(=O)N2CCN(c3ccc(/C=C/c4cc(Cl)cc(Cn5ccnc5)c4)cc3)CC2)CO1. The Labute approximate surface area is 222 Å². The number of benzene rings is 2. The van der Waals surface area contributed by atoms with Gasteiger partial charge in [-0.3, -0.25) is 0 Å². The fourth-order valence-corrected chi connectivity index (χ4v) is 4.78. The van der Waals surface area contributed by atoms with Crippen molar-refractivity contribution in [2.24, 2.45) is 0 Å². The second kappa shape index (κ2) is 11.4. The lowest BCUT2D eigenvalue weighted by Gasteiger charge is -2.36. The van der Waals surface area contributed by atoms with E-state index < -0.39 is 5.79 Å². The quantitative estimate of drug-likeness (QED) is 0.335. The van der Waals surface area contributed by atoms with Crippen LogP contribution in [0, 0.1) is 0 Å². The molecule has 0 aliphatic carbocycles. The average molecular weight is 522 g/mol. The van der Waals surface area contributed by atoms with Crippen molar-refractivity contribution in [2.75, 3.05) is 50.8 Å². The van der Waals surface area contributed by atoms with E-state index in [1.165, 1.54) is 0 Å². The highest BCUT2D eigenvalue weighted by Gasteiger charge is 2.46. The van der Waals surface area contributed by atoms with E-state index in [-0.39, 0.29) is 6.03 Å². The van der Waals surface area contributed by atoms with Crippen LogP contribution >= 0.6 is 11.6 Å². The normalized spacial score (nSPS) is 19.4. The maximum atomic E-state index is 12.5. The molecule has 1 N–H and O–H groups in total. The molecule has 1 aromatic heterocycles. The maximum absolute atomic E-state index is 12.5. The van der Waals surface area contributed by atoms with E-state index in [1.807, 2.05) is 34.7 Å². The molecular weight excluding hydrogens is 490 g/mol. The summed E-state index contributed by atoms with van der Waals surface area (Å²) in [6.45, 7) is 7.06. The molecular formula is C28H32ClN5O3. The van der Waals surface area contributed by atoms with E-state index in [0.717, 1.165) is 47.0 Å². The summed E-state index contributed by atoms with van der Waals surface area (Å²) in [6.07, 6.45) is 9.69. The molecule has 194 valence electrons. The van der Waals surface area contributed by atoms with Gasteiger partial charge in [-0.2, -0.15) is 0 Å². The van der Waals surface area contributed by atoms with Gasteiger partial charge < -0.3 is 29.2 Å². The molecule has 2 aromatic carbocycles. The number of carbonyl (C=O) groups excluding carboxylic acids is 1. The largest absolute Gasteiger partial charge is 0.368 e. The second-order valence-electron chi connectivity index (χ2n) is 9.32. The Hall–Kier alpha value is -3.33. The number of halogens is 1. The maximum Gasteiger partial charge on any atom is 0.317 e. The standard InChI is InChI=1S/C28H32ClN5O3/c1-2-36-28(20-37-28)19-31-27(35)34-13-11-33(12-14-34)26-7-5-22(6-8-26)3-4-23-15-24(17-25(29)16-23)18-32-10-9-30-21-32/h3-10,15-17,21H,2,11-14,18-20H2,1H3,(H,31,35)/b4-3+. The van der Waals surface area contributed by atoms with Gasteiger partial charge >= 0.3 is 6.03 Å². The summed E-state index contributed by atoms with van der Waals surface area (Å²) in [5.74, 6) is -0.613. The zero-order valence-electron chi connectivity index (χ0n) is 21.0. The number of rotatable bonds is 9. The number of aromatic nitrogens is 2. The number of nitrogens with zero attached hydrogens (tertiary/aromatic N) is 4. The third kappa shape index (κ3) is 6.71. The van der Waals surface area contributed by atoms with Crippen molar-refractivity contribution in [3.05, 3.63) is 82.9 Å². The fourth-order valence-electron chi connectivity index (χ4n) is 4.51. The summed E-state index contributed by atoms with van der Waals surface area (Å²) in [5.41, 5.74) is 4.46. The summed E-state index contributed by atoms with van der Waals surface area (Å²) in [5, 5.41) is 3.66. The first-order valence-electron chi connectivity index (χ1n) is 12.6. The first kappa shape index (κ1) is 25.3. The molecule has 2 fully saturated rings. The predicted octanol–water partition coefficient (Wildman–Crippen LogP) is 4.35. The molecule has 3 heterocycles. The number of hydrogen-bond acceptors (Lipinski definition) is 5. The number of amides is 2. The minimum absolute atomic E-state index is 0.0658. The Morgan fingerprint density at radius 2 is 1.89 bits per heavy atom.